The number of carboxylic acids is 4. The number of rotatable bonds is 14. The van der Waals surface area contributed by atoms with Gasteiger partial charge in [0.2, 0.25) is 5.43 Å². The number of amides is 1. The predicted octanol–water partition coefficient (Wildman–Crippen LogP) is 4.10. The van der Waals surface area contributed by atoms with Gasteiger partial charge in [-0.25, -0.2) is 4.79 Å². The second-order valence-corrected chi connectivity index (χ2v) is 11.2. The highest BCUT2D eigenvalue weighted by atomic mass is 35.5. The van der Waals surface area contributed by atoms with Crippen LogP contribution in [0.4, 0.5) is 0 Å². The Hall–Kier alpha value is -5.18. The first-order chi connectivity index (χ1) is 22.2. The summed E-state index contributed by atoms with van der Waals surface area (Å²) in [4.78, 5) is 72.6. The maximum atomic E-state index is 13.2. The summed E-state index contributed by atoms with van der Waals surface area (Å²) in [6.07, 6.45) is 0.350. The fourth-order valence-corrected chi connectivity index (χ4v) is 5.45. The van der Waals surface area contributed by atoms with Gasteiger partial charge in [0.1, 0.15) is 23.1 Å². The second kappa shape index (κ2) is 14.5. The molecule has 0 saturated heterocycles. The molecule has 0 spiro atoms. The van der Waals surface area contributed by atoms with Crippen molar-refractivity contribution in [3.63, 3.8) is 0 Å². The first-order valence-corrected chi connectivity index (χ1v) is 14.6. The van der Waals surface area contributed by atoms with E-state index in [1.165, 1.54) is 36.4 Å². The molecule has 1 amide bonds. The van der Waals surface area contributed by atoms with E-state index in [2.05, 4.69) is 5.32 Å². The van der Waals surface area contributed by atoms with Gasteiger partial charge < -0.3 is 35.3 Å². The van der Waals surface area contributed by atoms with Crippen LogP contribution in [0, 0.1) is 0 Å². The van der Waals surface area contributed by atoms with Crippen molar-refractivity contribution in [3.05, 3.63) is 73.9 Å². The van der Waals surface area contributed by atoms with Gasteiger partial charge in [-0.3, -0.25) is 28.9 Å². The lowest BCUT2D eigenvalue weighted by atomic mass is 9.89. The van der Waals surface area contributed by atoms with Crippen LogP contribution in [-0.4, -0.2) is 85.9 Å². The molecule has 14 nitrogen and oxygen atoms in total. The van der Waals surface area contributed by atoms with E-state index in [4.69, 9.17) is 37.8 Å². The Balaban J connectivity index is 1.62. The zero-order chi connectivity index (χ0) is 34.6. The molecule has 246 valence electrons. The highest BCUT2D eigenvalue weighted by molar-refractivity contribution is 6.33. The summed E-state index contributed by atoms with van der Waals surface area (Å²) >= 11 is 12.3. The fourth-order valence-electron chi connectivity index (χ4n) is 5.12. The van der Waals surface area contributed by atoms with Gasteiger partial charge in [-0.05, 0) is 55.2 Å². The smallest absolute Gasteiger partial charge is 0.336 e. The third kappa shape index (κ3) is 7.98. The predicted molar refractivity (Wildman–Crippen MR) is 168 cm³/mol. The number of nitrogens with zero attached hydrogens (tertiary/aromatic N) is 1. The maximum absolute atomic E-state index is 13.2. The molecule has 47 heavy (non-hydrogen) atoms. The Morgan fingerprint density at radius 1 is 0.851 bits per heavy atom. The van der Waals surface area contributed by atoms with Crippen molar-refractivity contribution in [2.45, 2.75) is 25.3 Å². The van der Waals surface area contributed by atoms with Crippen LogP contribution in [-0.2, 0) is 14.4 Å². The number of aliphatic carboxylic acids is 3. The summed E-state index contributed by atoms with van der Waals surface area (Å²) in [5.41, 5.74) is -0.180. The van der Waals surface area contributed by atoms with Gasteiger partial charge in [-0.15, -0.1) is 0 Å². The number of carbonyl (C=O) groups is 5. The van der Waals surface area contributed by atoms with E-state index in [0.29, 0.717) is 0 Å². The molecule has 1 heterocycles. The van der Waals surface area contributed by atoms with Crippen molar-refractivity contribution in [2.24, 2.45) is 0 Å². The molecule has 16 heteroatoms. The van der Waals surface area contributed by atoms with E-state index >= 15 is 0 Å². The maximum Gasteiger partial charge on any atom is 0.336 e. The lowest BCUT2D eigenvalue weighted by molar-refractivity contribution is -0.149. The lowest BCUT2D eigenvalue weighted by Gasteiger charge is -2.25. The molecule has 2 aliphatic rings. The molecule has 1 aliphatic carbocycles. The number of benzene rings is 3. The second-order valence-electron chi connectivity index (χ2n) is 10.4. The summed E-state index contributed by atoms with van der Waals surface area (Å²) < 4.78 is 5.82. The first kappa shape index (κ1) is 34.7. The molecule has 1 aliphatic heterocycles. The van der Waals surface area contributed by atoms with E-state index in [9.17, 15) is 44.1 Å². The van der Waals surface area contributed by atoms with Crippen LogP contribution in [0.5, 0.6) is 5.75 Å². The molecular weight excluding hydrogens is 663 g/mol. The molecule has 2 aromatic carbocycles. The summed E-state index contributed by atoms with van der Waals surface area (Å²) in [6, 6.07) is 7.41. The third-order valence-electron chi connectivity index (χ3n) is 7.22. The van der Waals surface area contributed by atoms with Crippen molar-refractivity contribution < 1.29 is 53.9 Å². The van der Waals surface area contributed by atoms with Crippen molar-refractivity contribution in [1.29, 1.82) is 0 Å². The zero-order valence-electron chi connectivity index (χ0n) is 24.2. The molecule has 0 fully saturated rings. The van der Waals surface area contributed by atoms with Gasteiger partial charge in [-0.2, -0.15) is 0 Å². The van der Waals surface area contributed by atoms with Crippen LogP contribution in [0.15, 0.2) is 51.7 Å². The minimum absolute atomic E-state index is 0.0276. The molecular formula is C31H26Cl2N2O12. The van der Waals surface area contributed by atoms with Gasteiger partial charge in [0.05, 0.1) is 28.7 Å². The minimum atomic E-state index is -1.39. The Morgan fingerprint density at radius 2 is 1.53 bits per heavy atom. The number of fused-ring (bicyclic) bond motifs is 2. The average molecular weight is 689 g/mol. The molecule has 1 unspecified atom stereocenters. The Morgan fingerprint density at radius 3 is 2.15 bits per heavy atom. The van der Waals surface area contributed by atoms with Crippen molar-refractivity contribution in [1.82, 2.24) is 10.2 Å². The number of aromatic hydroxyl groups is 1. The highest BCUT2D eigenvalue weighted by Crippen LogP contribution is 2.44. The van der Waals surface area contributed by atoms with Gasteiger partial charge >= 0.3 is 23.9 Å². The topological polar surface area (TPSA) is 232 Å². The zero-order valence-corrected chi connectivity index (χ0v) is 25.7. The van der Waals surface area contributed by atoms with Crippen LogP contribution >= 0.6 is 23.2 Å². The number of hydrogen-bond donors (Lipinski definition) is 6. The van der Waals surface area contributed by atoms with E-state index in [-0.39, 0.29) is 86.1 Å². The lowest BCUT2D eigenvalue weighted by Crippen LogP contribution is -2.46. The van der Waals surface area contributed by atoms with Crippen LogP contribution in [0.3, 0.4) is 0 Å². The van der Waals surface area contributed by atoms with Gasteiger partial charge in [-0.1, -0.05) is 23.2 Å². The summed E-state index contributed by atoms with van der Waals surface area (Å²) in [7, 11) is 0. The van der Waals surface area contributed by atoms with E-state index in [1.807, 2.05) is 0 Å². The highest BCUT2D eigenvalue weighted by Gasteiger charge is 2.29. The number of phenolic OH excluding ortho intramolecular Hbond substituents is 1. The summed E-state index contributed by atoms with van der Waals surface area (Å²) in [6.45, 7) is -1.52. The third-order valence-corrected chi connectivity index (χ3v) is 7.81. The SMILES string of the molecule is O=C(O)CN(CC(=O)O)C(CCCCNC(=O)c1ccc(C(=O)O)c(-c2c3cc(Cl)c(=O)cc-3oc3cc(O)c(Cl)cc23)c1)C(=O)O. The number of carboxylic acid groups (broad SMARTS) is 4. The van der Waals surface area contributed by atoms with Crippen molar-refractivity contribution in [2.75, 3.05) is 19.6 Å². The Labute approximate surface area is 274 Å². The van der Waals surface area contributed by atoms with E-state index in [0.717, 1.165) is 11.0 Å². The number of unbranched alkanes of at least 4 members (excludes halogenated alkanes) is 1. The fraction of sp³-hybridized carbons (Fsp3) is 0.226. The molecule has 4 rings (SSSR count). The number of nitrogens with one attached hydrogen (secondary N) is 1. The number of aromatic carboxylic acids is 1. The van der Waals surface area contributed by atoms with Crippen molar-refractivity contribution in [3.8, 4) is 28.2 Å². The number of carbonyl (C=O) groups excluding carboxylic acids is 1. The molecule has 1 atom stereocenters. The van der Waals surface area contributed by atoms with E-state index in [1.54, 1.807) is 0 Å². The van der Waals surface area contributed by atoms with E-state index < -0.39 is 54.3 Å². The molecule has 0 saturated carbocycles. The van der Waals surface area contributed by atoms with Crippen LogP contribution in [0.25, 0.3) is 33.4 Å². The van der Waals surface area contributed by atoms with Crippen molar-refractivity contribution >= 4 is 64.0 Å². The molecule has 0 aromatic heterocycles. The normalized spacial score (nSPS) is 11.9. The monoisotopic (exact) mass is 688 g/mol. The Bertz CT molecular complexity index is 1920. The molecule has 2 aromatic rings. The number of phenols is 1. The van der Waals surface area contributed by atoms with Gasteiger partial charge in [0.15, 0.2) is 0 Å². The Kier molecular flexibility index (Phi) is 10.7. The average Bonchev–Trinajstić information content (AvgIpc) is 2.98. The summed E-state index contributed by atoms with van der Waals surface area (Å²) in [5.74, 6) is -6.41. The number of halogens is 2. The quantitative estimate of drug-likeness (QED) is 0.0810. The molecule has 0 bridgehead atoms. The largest absolute Gasteiger partial charge is 0.506 e. The molecule has 0 radical (unpaired) electrons. The standard InChI is InChI=1S/C31H26Cl2N2O12/c32-19-8-17-24(10-22(19)36)47-25-11-23(37)20(33)9-18(25)28(17)16-7-14(4-5-15(16)30(43)44)29(42)34-6-2-1-3-21(31(45)46)35(12-26(38)39)13-27(40)41/h4-5,7-11,21,36H,1-3,6,12-13H2,(H,34,42)(H,38,39)(H,40,41)(H,43,44)(H,45,46). The van der Waals surface area contributed by atoms with Crippen LogP contribution < -0.4 is 10.7 Å². The first-order valence-electron chi connectivity index (χ1n) is 13.8. The molecule has 6 N–H and O–H groups in total. The van der Waals surface area contributed by atoms with Gasteiger partial charge in [0.25, 0.3) is 5.91 Å². The van der Waals surface area contributed by atoms with Crippen LogP contribution in [0.2, 0.25) is 10.0 Å². The number of hydrogen-bond acceptors (Lipinski definition) is 9. The minimum Gasteiger partial charge on any atom is -0.506 e. The van der Waals surface area contributed by atoms with Gasteiger partial charge in [0, 0.05) is 40.8 Å². The summed E-state index contributed by atoms with van der Waals surface area (Å²) in [5, 5.41) is 50.5. The van der Waals surface area contributed by atoms with Crippen LogP contribution in [0.1, 0.15) is 40.0 Å².